The van der Waals surface area contributed by atoms with Crippen molar-refractivity contribution >= 4 is 5.91 Å². The van der Waals surface area contributed by atoms with Crippen molar-refractivity contribution in [2.24, 2.45) is 11.7 Å². The lowest BCUT2D eigenvalue weighted by Gasteiger charge is -2.24. The van der Waals surface area contributed by atoms with E-state index < -0.39 is 0 Å². The standard InChI is InChI=1S/C16H26N4O/c1-13(11-17)12-19-7-4-8-20(10-9-19)16(21)15-6-3-5-14(2)18-15/h3,5-6,13H,4,7-12,17H2,1-2H3. The van der Waals surface area contributed by atoms with Crippen molar-refractivity contribution in [3.05, 3.63) is 29.6 Å². The van der Waals surface area contributed by atoms with Gasteiger partial charge in [0.2, 0.25) is 0 Å². The van der Waals surface area contributed by atoms with E-state index in [1.807, 2.05) is 24.0 Å². The minimum atomic E-state index is 0.0485. The molecule has 1 aliphatic heterocycles. The summed E-state index contributed by atoms with van der Waals surface area (Å²) in [5, 5.41) is 0. The number of aryl methyl sites for hydroxylation is 1. The Morgan fingerprint density at radius 2 is 2.14 bits per heavy atom. The molecule has 21 heavy (non-hydrogen) atoms. The first kappa shape index (κ1) is 15.9. The Morgan fingerprint density at radius 1 is 1.33 bits per heavy atom. The molecule has 0 aliphatic carbocycles. The maximum atomic E-state index is 12.5. The third-order valence-electron chi connectivity index (χ3n) is 3.96. The Bertz CT molecular complexity index is 477. The number of hydrogen-bond donors (Lipinski definition) is 1. The maximum Gasteiger partial charge on any atom is 0.272 e. The average molecular weight is 290 g/mol. The van der Waals surface area contributed by atoms with Crippen molar-refractivity contribution in [1.29, 1.82) is 0 Å². The molecule has 1 amide bonds. The van der Waals surface area contributed by atoms with Crippen LogP contribution in [0.2, 0.25) is 0 Å². The number of pyridine rings is 1. The van der Waals surface area contributed by atoms with Crippen molar-refractivity contribution in [3.8, 4) is 0 Å². The molecule has 2 heterocycles. The highest BCUT2D eigenvalue weighted by Gasteiger charge is 2.21. The molecule has 0 bridgehead atoms. The molecule has 2 N–H and O–H groups in total. The average Bonchev–Trinajstić information content (AvgIpc) is 2.72. The number of carbonyl (C=O) groups is 1. The minimum Gasteiger partial charge on any atom is -0.336 e. The molecule has 116 valence electrons. The van der Waals surface area contributed by atoms with Crippen LogP contribution in [0.25, 0.3) is 0 Å². The first-order valence-corrected chi connectivity index (χ1v) is 7.75. The molecule has 1 atom stereocenters. The van der Waals surface area contributed by atoms with Crippen molar-refractivity contribution in [2.75, 3.05) is 39.3 Å². The van der Waals surface area contributed by atoms with Gasteiger partial charge in [-0.15, -0.1) is 0 Å². The Labute approximate surface area is 127 Å². The smallest absolute Gasteiger partial charge is 0.272 e. The van der Waals surface area contributed by atoms with Gasteiger partial charge in [0.25, 0.3) is 5.91 Å². The molecule has 5 nitrogen and oxygen atoms in total. The lowest BCUT2D eigenvalue weighted by Crippen LogP contribution is -2.37. The summed E-state index contributed by atoms with van der Waals surface area (Å²) in [4.78, 5) is 21.2. The molecule has 0 saturated carbocycles. The molecule has 1 aliphatic rings. The zero-order chi connectivity index (χ0) is 15.2. The Kier molecular flexibility index (Phi) is 5.70. The summed E-state index contributed by atoms with van der Waals surface area (Å²) in [6.45, 7) is 9.35. The number of amides is 1. The van der Waals surface area contributed by atoms with Crippen LogP contribution in [-0.4, -0.2) is 60.0 Å². The van der Waals surface area contributed by atoms with Crippen LogP contribution in [0.3, 0.4) is 0 Å². The van der Waals surface area contributed by atoms with Crippen molar-refractivity contribution < 1.29 is 4.79 Å². The van der Waals surface area contributed by atoms with Crippen LogP contribution in [0.5, 0.6) is 0 Å². The molecule has 1 fully saturated rings. The largest absolute Gasteiger partial charge is 0.336 e. The van der Waals surface area contributed by atoms with E-state index in [1.165, 1.54) is 0 Å². The van der Waals surface area contributed by atoms with E-state index >= 15 is 0 Å². The van der Waals surface area contributed by atoms with Gasteiger partial charge in [0, 0.05) is 31.9 Å². The summed E-state index contributed by atoms with van der Waals surface area (Å²) in [7, 11) is 0. The maximum absolute atomic E-state index is 12.5. The predicted octanol–water partition coefficient (Wildman–Crippen LogP) is 1.13. The third kappa shape index (κ3) is 4.51. The highest BCUT2D eigenvalue weighted by molar-refractivity contribution is 5.92. The first-order valence-electron chi connectivity index (χ1n) is 7.75. The number of aromatic nitrogens is 1. The van der Waals surface area contributed by atoms with Gasteiger partial charge in [0.1, 0.15) is 5.69 Å². The van der Waals surface area contributed by atoms with Gasteiger partial charge in [-0.2, -0.15) is 0 Å². The van der Waals surface area contributed by atoms with Crippen LogP contribution >= 0.6 is 0 Å². The zero-order valence-corrected chi connectivity index (χ0v) is 13.1. The van der Waals surface area contributed by atoms with Gasteiger partial charge in [0.05, 0.1) is 0 Å². The number of carbonyl (C=O) groups excluding carboxylic acids is 1. The highest BCUT2D eigenvalue weighted by Crippen LogP contribution is 2.10. The zero-order valence-electron chi connectivity index (χ0n) is 13.1. The van der Waals surface area contributed by atoms with Crippen LogP contribution in [0.1, 0.15) is 29.5 Å². The van der Waals surface area contributed by atoms with Crippen LogP contribution in [0, 0.1) is 12.8 Å². The van der Waals surface area contributed by atoms with Crippen LogP contribution < -0.4 is 5.73 Å². The van der Waals surface area contributed by atoms with E-state index in [1.54, 1.807) is 6.07 Å². The normalized spacial score (nSPS) is 18.3. The van der Waals surface area contributed by atoms with E-state index in [9.17, 15) is 4.79 Å². The lowest BCUT2D eigenvalue weighted by atomic mass is 10.1. The number of hydrogen-bond acceptors (Lipinski definition) is 4. The molecule has 0 spiro atoms. The van der Waals surface area contributed by atoms with E-state index in [0.717, 1.165) is 44.8 Å². The Morgan fingerprint density at radius 3 is 2.86 bits per heavy atom. The van der Waals surface area contributed by atoms with Crippen LogP contribution in [-0.2, 0) is 0 Å². The summed E-state index contributed by atoms with van der Waals surface area (Å²) in [6.07, 6.45) is 1.01. The summed E-state index contributed by atoms with van der Waals surface area (Å²) in [5.41, 5.74) is 7.13. The van der Waals surface area contributed by atoms with E-state index in [0.29, 0.717) is 18.2 Å². The fourth-order valence-electron chi connectivity index (χ4n) is 2.70. The SMILES string of the molecule is Cc1cccc(C(=O)N2CCCN(CC(C)CN)CC2)n1. The van der Waals surface area contributed by atoms with E-state index in [-0.39, 0.29) is 5.91 Å². The van der Waals surface area contributed by atoms with Crippen LogP contribution in [0.4, 0.5) is 0 Å². The molecule has 0 radical (unpaired) electrons. The fourth-order valence-corrected chi connectivity index (χ4v) is 2.70. The molecular weight excluding hydrogens is 264 g/mol. The molecule has 2 rings (SSSR count). The van der Waals surface area contributed by atoms with Crippen molar-refractivity contribution in [3.63, 3.8) is 0 Å². The summed E-state index contributed by atoms with van der Waals surface area (Å²) in [6, 6.07) is 5.60. The second-order valence-electron chi connectivity index (χ2n) is 5.95. The summed E-state index contributed by atoms with van der Waals surface area (Å²) >= 11 is 0. The second kappa shape index (κ2) is 7.52. The van der Waals surface area contributed by atoms with E-state index in [4.69, 9.17) is 5.73 Å². The van der Waals surface area contributed by atoms with Gasteiger partial charge in [-0.25, -0.2) is 4.98 Å². The van der Waals surface area contributed by atoms with Gasteiger partial charge >= 0.3 is 0 Å². The molecule has 1 aromatic rings. The molecule has 1 aromatic heterocycles. The monoisotopic (exact) mass is 290 g/mol. The summed E-state index contributed by atoms with van der Waals surface area (Å²) in [5.74, 6) is 0.554. The van der Waals surface area contributed by atoms with Crippen molar-refractivity contribution in [1.82, 2.24) is 14.8 Å². The second-order valence-corrected chi connectivity index (χ2v) is 5.95. The molecule has 0 aromatic carbocycles. The minimum absolute atomic E-state index is 0.0485. The fraction of sp³-hybridized carbons (Fsp3) is 0.625. The first-order chi connectivity index (χ1) is 10.1. The number of rotatable bonds is 4. The van der Waals surface area contributed by atoms with Gasteiger partial charge in [0.15, 0.2) is 0 Å². The lowest BCUT2D eigenvalue weighted by molar-refractivity contribution is 0.0754. The summed E-state index contributed by atoms with van der Waals surface area (Å²) < 4.78 is 0. The Hall–Kier alpha value is -1.46. The predicted molar refractivity (Wildman–Crippen MR) is 84.2 cm³/mol. The molecular formula is C16H26N4O. The number of nitrogens with two attached hydrogens (primary N) is 1. The number of nitrogens with zero attached hydrogens (tertiary/aromatic N) is 3. The van der Waals surface area contributed by atoms with Gasteiger partial charge in [-0.05, 0) is 44.5 Å². The molecule has 1 unspecified atom stereocenters. The highest BCUT2D eigenvalue weighted by atomic mass is 16.2. The van der Waals surface area contributed by atoms with Gasteiger partial charge < -0.3 is 15.5 Å². The topological polar surface area (TPSA) is 62.5 Å². The van der Waals surface area contributed by atoms with Crippen molar-refractivity contribution in [2.45, 2.75) is 20.3 Å². The van der Waals surface area contributed by atoms with Crippen LogP contribution in [0.15, 0.2) is 18.2 Å². The molecule has 1 saturated heterocycles. The third-order valence-corrected chi connectivity index (χ3v) is 3.96. The quantitative estimate of drug-likeness (QED) is 0.903. The molecule has 5 heteroatoms. The van der Waals surface area contributed by atoms with Gasteiger partial charge in [-0.1, -0.05) is 13.0 Å². The van der Waals surface area contributed by atoms with Gasteiger partial charge in [-0.3, -0.25) is 4.79 Å². The Balaban J connectivity index is 1.95. The van der Waals surface area contributed by atoms with E-state index in [2.05, 4.69) is 16.8 Å².